The van der Waals surface area contributed by atoms with E-state index in [1.165, 1.54) is 6.92 Å². The average molecular weight is 430 g/mol. The zero-order valence-corrected chi connectivity index (χ0v) is 17.5. The van der Waals surface area contributed by atoms with Gasteiger partial charge in [-0.3, -0.25) is 4.79 Å². The van der Waals surface area contributed by atoms with Crippen molar-refractivity contribution in [3.63, 3.8) is 0 Å². The molecular weight excluding hydrogens is 408 g/mol. The summed E-state index contributed by atoms with van der Waals surface area (Å²) in [7, 11) is 0. The molecule has 0 radical (unpaired) electrons. The largest absolute Gasteiger partial charge is 0.489 e. The Kier molecular flexibility index (Phi) is 7.82. The molecule has 7 nitrogen and oxygen atoms in total. The number of hydrogen-bond donors (Lipinski definition) is 1. The second-order valence-corrected chi connectivity index (χ2v) is 6.81. The molecule has 1 atom stereocenters. The molecule has 0 bridgehead atoms. The van der Waals surface area contributed by atoms with Crippen molar-refractivity contribution in [1.82, 2.24) is 0 Å². The summed E-state index contributed by atoms with van der Waals surface area (Å²) in [5, 5.41) is 11.7. The first-order chi connectivity index (χ1) is 15.5. The summed E-state index contributed by atoms with van der Waals surface area (Å²) < 4.78 is 16.2. The molecule has 1 N–H and O–H groups in total. The Hall–Kier alpha value is -4.31. The van der Waals surface area contributed by atoms with Gasteiger partial charge in [0.2, 0.25) is 0 Å². The van der Waals surface area contributed by atoms with Gasteiger partial charge in [0.05, 0.1) is 11.3 Å². The second-order valence-electron chi connectivity index (χ2n) is 6.81. The van der Waals surface area contributed by atoms with Crippen LogP contribution in [0.3, 0.4) is 0 Å². The van der Waals surface area contributed by atoms with Gasteiger partial charge in [-0.25, -0.2) is 4.79 Å². The number of hydrogen-bond acceptors (Lipinski definition) is 6. The number of benzene rings is 3. The number of para-hydroxylation sites is 1. The van der Waals surface area contributed by atoms with Gasteiger partial charge < -0.3 is 19.5 Å². The molecule has 0 aromatic heterocycles. The van der Waals surface area contributed by atoms with E-state index in [0.29, 0.717) is 29.4 Å². The third kappa shape index (κ3) is 6.61. The number of nitriles is 1. The fourth-order valence-corrected chi connectivity index (χ4v) is 2.72. The van der Waals surface area contributed by atoms with E-state index in [9.17, 15) is 9.59 Å². The van der Waals surface area contributed by atoms with E-state index in [4.69, 9.17) is 19.5 Å². The molecule has 162 valence electrons. The standard InChI is InChI=1S/C25H22N2O5/c1-18(25(29)27-23-10-6-5-9-20(23)15-26)32-24(28)17-31-22-13-11-21(12-14-22)30-16-19-7-3-2-4-8-19/h2-14,18H,16-17H2,1H3,(H,27,29). The molecule has 1 amide bonds. The lowest BCUT2D eigenvalue weighted by molar-refractivity contribution is -0.155. The van der Waals surface area contributed by atoms with E-state index >= 15 is 0 Å². The van der Waals surface area contributed by atoms with Crippen LogP contribution in [0, 0.1) is 11.3 Å². The maximum absolute atomic E-state index is 12.2. The Morgan fingerprint density at radius 1 is 0.906 bits per heavy atom. The number of rotatable bonds is 9. The van der Waals surface area contributed by atoms with Crippen molar-refractivity contribution in [2.24, 2.45) is 0 Å². The highest BCUT2D eigenvalue weighted by Gasteiger charge is 2.19. The molecule has 3 aromatic rings. The van der Waals surface area contributed by atoms with Gasteiger partial charge in [0, 0.05) is 0 Å². The minimum Gasteiger partial charge on any atom is -0.489 e. The van der Waals surface area contributed by atoms with Crippen LogP contribution in [0.2, 0.25) is 0 Å². The van der Waals surface area contributed by atoms with Crippen LogP contribution < -0.4 is 14.8 Å². The van der Waals surface area contributed by atoms with E-state index in [2.05, 4.69) is 5.32 Å². The Morgan fingerprint density at radius 2 is 1.53 bits per heavy atom. The molecule has 0 saturated heterocycles. The highest BCUT2D eigenvalue weighted by molar-refractivity contribution is 5.96. The van der Waals surface area contributed by atoms with E-state index < -0.39 is 18.0 Å². The summed E-state index contributed by atoms with van der Waals surface area (Å²) in [6, 6.07) is 25.2. The molecule has 0 fully saturated rings. The summed E-state index contributed by atoms with van der Waals surface area (Å²) in [6.45, 7) is 1.55. The van der Waals surface area contributed by atoms with Crippen LogP contribution in [0.25, 0.3) is 0 Å². The zero-order chi connectivity index (χ0) is 22.8. The zero-order valence-electron chi connectivity index (χ0n) is 17.5. The molecule has 0 spiro atoms. The Morgan fingerprint density at radius 3 is 2.22 bits per heavy atom. The van der Waals surface area contributed by atoms with Crippen LogP contribution in [0.4, 0.5) is 5.69 Å². The Labute approximate surface area is 186 Å². The predicted molar refractivity (Wildman–Crippen MR) is 118 cm³/mol. The number of esters is 1. The van der Waals surface area contributed by atoms with Crippen molar-refractivity contribution in [3.05, 3.63) is 90.0 Å². The van der Waals surface area contributed by atoms with Gasteiger partial charge in [0.25, 0.3) is 5.91 Å². The van der Waals surface area contributed by atoms with Crippen molar-refractivity contribution in [1.29, 1.82) is 5.26 Å². The molecule has 3 rings (SSSR count). The monoisotopic (exact) mass is 430 g/mol. The molecule has 7 heteroatoms. The van der Waals surface area contributed by atoms with Gasteiger partial charge >= 0.3 is 5.97 Å². The van der Waals surface area contributed by atoms with Crippen LogP contribution in [0.5, 0.6) is 11.5 Å². The summed E-state index contributed by atoms with van der Waals surface area (Å²) in [4.78, 5) is 24.3. The number of carbonyl (C=O) groups excluding carboxylic acids is 2. The summed E-state index contributed by atoms with van der Waals surface area (Å²) in [6.07, 6.45) is -1.05. The highest BCUT2D eigenvalue weighted by atomic mass is 16.6. The van der Waals surface area contributed by atoms with Crippen LogP contribution in [0.1, 0.15) is 18.1 Å². The Bertz CT molecular complexity index is 1090. The molecule has 0 saturated carbocycles. The minimum absolute atomic E-state index is 0.318. The van der Waals surface area contributed by atoms with E-state index in [1.54, 1.807) is 48.5 Å². The van der Waals surface area contributed by atoms with E-state index in [-0.39, 0.29) is 6.61 Å². The third-order valence-corrected chi connectivity index (χ3v) is 4.41. The van der Waals surface area contributed by atoms with E-state index in [1.807, 2.05) is 36.4 Å². The third-order valence-electron chi connectivity index (χ3n) is 4.41. The molecule has 32 heavy (non-hydrogen) atoms. The number of anilines is 1. The van der Waals surface area contributed by atoms with Crippen LogP contribution in [0.15, 0.2) is 78.9 Å². The molecule has 0 heterocycles. The molecule has 0 aliphatic carbocycles. The first-order valence-corrected chi connectivity index (χ1v) is 9.94. The lowest BCUT2D eigenvalue weighted by Crippen LogP contribution is -2.31. The highest BCUT2D eigenvalue weighted by Crippen LogP contribution is 2.19. The first kappa shape index (κ1) is 22.4. The van der Waals surface area contributed by atoms with Gasteiger partial charge in [-0.1, -0.05) is 42.5 Å². The van der Waals surface area contributed by atoms with Gasteiger partial charge in [-0.2, -0.15) is 5.26 Å². The number of ether oxygens (including phenoxy) is 3. The number of amides is 1. The SMILES string of the molecule is CC(OC(=O)COc1ccc(OCc2ccccc2)cc1)C(=O)Nc1ccccc1C#N. The van der Waals surface area contributed by atoms with Gasteiger partial charge in [0.1, 0.15) is 24.2 Å². The fourth-order valence-electron chi connectivity index (χ4n) is 2.72. The number of nitrogens with one attached hydrogen (secondary N) is 1. The van der Waals surface area contributed by atoms with E-state index in [0.717, 1.165) is 5.56 Å². The summed E-state index contributed by atoms with van der Waals surface area (Å²) in [5.41, 5.74) is 1.73. The van der Waals surface area contributed by atoms with Crippen LogP contribution in [-0.2, 0) is 20.9 Å². The van der Waals surface area contributed by atoms with Gasteiger partial charge in [-0.05, 0) is 48.9 Å². The quantitative estimate of drug-likeness (QED) is 0.514. The second kappa shape index (κ2) is 11.2. The maximum Gasteiger partial charge on any atom is 0.344 e. The van der Waals surface area contributed by atoms with Crippen molar-refractivity contribution in [2.75, 3.05) is 11.9 Å². The topological polar surface area (TPSA) is 97.7 Å². The fraction of sp³-hybridized carbons (Fsp3) is 0.160. The lowest BCUT2D eigenvalue weighted by atomic mass is 10.2. The lowest BCUT2D eigenvalue weighted by Gasteiger charge is -2.14. The van der Waals surface area contributed by atoms with Crippen molar-refractivity contribution in [2.45, 2.75) is 19.6 Å². The molecule has 1 unspecified atom stereocenters. The van der Waals surface area contributed by atoms with Crippen molar-refractivity contribution >= 4 is 17.6 Å². The van der Waals surface area contributed by atoms with Gasteiger partial charge in [-0.15, -0.1) is 0 Å². The van der Waals surface area contributed by atoms with Crippen LogP contribution >= 0.6 is 0 Å². The minimum atomic E-state index is -1.05. The number of nitrogens with zero attached hydrogens (tertiary/aromatic N) is 1. The van der Waals surface area contributed by atoms with Crippen molar-refractivity contribution in [3.8, 4) is 17.6 Å². The first-order valence-electron chi connectivity index (χ1n) is 9.94. The smallest absolute Gasteiger partial charge is 0.344 e. The molecule has 3 aromatic carbocycles. The summed E-state index contributed by atoms with van der Waals surface area (Å²) in [5.74, 6) is -0.0904. The normalized spacial score (nSPS) is 11.0. The number of carbonyl (C=O) groups is 2. The van der Waals surface area contributed by atoms with Crippen molar-refractivity contribution < 1.29 is 23.8 Å². The molecule has 0 aliphatic rings. The average Bonchev–Trinajstić information content (AvgIpc) is 2.83. The van der Waals surface area contributed by atoms with Crippen LogP contribution in [-0.4, -0.2) is 24.6 Å². The molecular formula is C25H22N2O5. The maximum atomic E-state index is 12.2. The predicted octanol–water partition coefficient (Wildman–Crippen LogP) is 4.09. The summed E-state index contributed by atoms with van der Waals surface area (Å²) >= 11 is 0. The van der Waals surface area contributed by atoms with Gasteiger partial charge in [0.15, 0.2) is 12.7 Å². The molecule has 0 aliphatic heterocycles. The Balaban J connectivity index is 1.43.